The summed E-state index contributed by atoms with van der Waals surface area (Å²) in [4.78, 5) is 28.3. The molecule has 1 saturated heterocycles. The van der Waals surface area contributed by atoms with E-state index in [2.05, 4.69) is 20.3 Å². The van der Waals surface area contributed by atoms with E-state index in [1.54, 1.807) is 22.4 Å². The van der Waals surface area contributed by atoms with Gasteiger partial charge in [-0.2, -0.15) is 0 Å². The summed E-state index contributed by atoms with van der Waals surface area (Å²) in [6, 6.07) is 2.11. The molecule has 0 aliphatic carbocycles. The van der Waals surface area contributed by atoms with Crippen molar-refractivity contribution in [3.05, 3.63) is 23.3 Å². The molecule has 0 spiro atoms. The maximum absolute atomic E-state index is 12.1. The summed E-state index contributed by atoms with van der Waals surface area (Å²) in [5.74, 6) is 0.603. The first-order chi connectivity index (χ1) is 12.3. The van der Waals surface area contributed by atoms with Crippen LogP contribution in [-0.4, -0.2) is 50.7 Å². The van der Waals surface area contributed by atoms with E-state index >= 15 is 0 Å². The van der Waals surface area contributed by atoms with Crippen LogP contribution >= 0.6 is 11.3 Å². The lowest BCUT2D eigenvalue weighted by atomic mass is 10.1. The number of thiazole rings is 1. The van der Waals surface area contributed by atoms with E-state index in [1.807, 2.05) is 40.0 Å². The van der Waals surface area contributed by atoms with Crippen LogP contribution < -0.4 is 5.32 Å². The summed E-state index contributed by atoms with van der Waals surface area (Å²) in [6.45, 7) is 9.00. The first-order valence-electron chi connectivity index (χ1n) is 8.80. The molecule has 8 heteroatoms. The average molecular weight is 375 g/mol. The molecule has 0 radical (unpaired) electrons. The molecule has 2 aromatic rings. The van der Waals surface area contributed by atoms with Crippen molar-refractivity contribution < 1.29 is 9.53 Å². The molecule has 1 amide bonds. The fourth-order valence-corrected chi connectivity index (χ4v) is 3.47. The standard InChI is InChI=1S/C18H25N5O2S/c1-12-11-20-15(26-12)14-5-8-19-16(22-14)21-13-6-9-23(10-7-13)17(24)25-18(2,3)4/h5,8,11,13H,6-7,9-10H2,1-4H3,(H,19,21,22). The Morgan fingerprint density at radius 2 is 2.04 bits per heavy atom. The molecular formula is C18H25N5O2S. The molecule has 7 nitrogen and oxygen atoms in total. The van der Waals surface area contributed by atoms with Gasteiger partial charge in [0, 0.05) is 36.4 Å². The van der Waals surface area contributed by atoms with Crippen LogP contribution in [0.15, 0.2) is 18.5 Å². The number of aryl methyl sites for hydroxylation is 1. The molecule has 0 saturated carbocycles. The Kier molecular flexibility index (Phi) is 5.41. The van der Waals surface area contributed by atoms with Gasteiger partial charge in [-0.15, -0.1) is 11.3 Å². The number of ether oxygens (including phenoxy) is 1. The second-order valence-electron chi connectivity index (χ2n) is 7.43. The summed E-state index contributed by atoms with van der Waals surface area (Å²) in [5, 5.41) is 4.28. The van der Waals surface area contributed by atoms with Gasteiger partial charge in [-0.05, 0) is 46.6 Å². The Morgan fingerprint density at radius 3 is 2.65 bits per heavy atom. The molecule has 26 heavy (non-hydrogen) atoms. The van der Waals surface area contributed by atoms with Crippen molar-refractivity contribution >= 4 is 23.4 Å². The number of anilines is 1. The van der Waals surface area contributed by atoms with E-state index in [0.717, 1.165) is 28.4 Å². The third-order valence-electron chi connectivity index (χ3n) is 3.98. The molecule has 140 valence electrons. The minimum absolute atomic E-state index is 0.238. The second-order valence-corrected chi connectivity index (χ2v) is 8.66. The monoisotopic (exact) mass is 375 g/mol. The number of hydrogen-bond acceptors (Lipinski definition) is 7. The zero-order chi connectivity index (χ0) is 18.7. The first kappa shape index (κ1) is 18.6. The lowest BCUT2D eigenvalue weighted by Gasteiger charge is -2.33. The van der Waals surface area contributed by atoms with Gasteiger partial charge < -0.3 is 15.0 Å². The molecule has 1 fully saturated rings. The molecule has 1 aliphatic rings. The number of hydrogen-bond donors (Lipinski definition) is 1. The zero-order valence-electron chi connectivity index (χ0n) is 15.7. The summed E-state index contributed by atoms with van der Waals surface area (Å²) in [7, 11) is 0. The van der Waals surface area contributed by atoms with Gasteiger partial charge in [0.25, 0.3) is 0 Å². The highest BCUT2D eigenvalue weighted by Crippen LogP contribution is 2.24. The van der Waals surface area contributed by atoms with E-state index in [9.17, 15) is 4.79 Å². The minimum atomic E-state index is -0.464. The van der Waals surface area contributed by atoms with Gasteiger partial charge in [-0.25, -0.2) is 19.7 Å². The van der Waals surface area contributed by atoms with Gasteiger partial charge in [0.15, 0.2) is 0 Å². The van der Waals surface area contributed by atoms with Gasteiger partial charge in [0.2, 0.25) is 5.95 Å². The predicted molar refractivity (Wildman–Crippen MR) is 102 cm³/mol. The summed E-state index contributed by atoms with van der Waals surface area (Å²) >= 11 is 1.62. The summed E-state index contributed by atoms with van der Waals surface area (Å²) < 4.78 is 5.43. The van der Waals surface area contributed by atoms with E-state index in [0.29, 0.717) is 19.0 Å². The number of aromatic nitrogens is 3. The normalized spacial score (nSPS) is 15.8. The SMILES string of the molecule is Cc1cnc(-c2ccnc(NC3CCN(C(=O)OC(C)(C)C)CC3)n2)s1. The van der Waals surface area contributed by atoms with Crippen molar-refractivity contribution in [2.75, 3.05) is 18.4 Å². The smallest absolute Gasteiger partial charge is 0.410 e. The fraction of sp³-hybridized carbons (Fsp3) is 0.556. The van der Waals surface area contributed by atoms with Crippen LogP contribution in [0.25, 0.3) is 10.7 Å². The Labute approximate surface area is 157 Å². The predicted octanol–water partition coefficient (Wildman–Crippen LogP) is 3.72. The number of carbonyl (C=O) groups is 1. The second kappa shape index (κ2) is 7.57. The summed E-state index contributed by atoms with van der Waals surface area (Å²) in [5.41, 5.74) is 0.362. The number of nitrogens with one attached hydrogen (secondary N) is 1. The highest BCUT2D eigenvalue weighted by Gasteiger charge is 2.27. The molecule has 3 rings (SSSR count). The number of rotatable bonds is 3. The van der Waals surface area contributed by atoms with E-state index < -0.39 is 5.60 Å². The number of amides is 1. The molecule has 1 aliphatic heterocycles. The van der Waals surface area contributed by atoms with Gasteiger partial charge in [0.05, 0.1) is 0 Å². The van der Waals surface area contributed by atoms with Crippen LogP contribution in [-0.2, 0) is 4.74 Å². The van der Waals surface area contributed by atoms with Gasteiger partial charge in [0.1, 0.15) is 16.3 Å². The molecule has 0 atom stereocenters. The maximum atomic E-state index is 12.1. The first-order valence-corrected chi connectivity index (χ1v) is 9.62. The molecule has 1 N–H and O–H groups in total. The zero-order valence-corrected chi connectivity index (χ0v) is 16.5. The molecule has 0 aromatic carbocycles. The molecule has 0 unspecified atom stereocenters. The van der Waals surface area contributed by atoms with Crippen molar-refractivity contribution in [2.24, 2.45) is 0 Å². The largest absolute Gasteiger partial charge is 0.444 e. The van der Waals surface area contributed by atoms with E-state index in [1.165, 1.54) is 0 Å². The topological polar surface area (TPSA) is 80.2 Å². The Bertz CT molecular complexity index is 763. The lowest BCUT2D eigenvalue weighted by molar-refractivity contribution is 0.0210. The Morgan fingerprint density at radius 1 is 1.31 bits per heavy atom. The molecular weight excluding hydrogens is 350 g/mol. The van der Waals surface area contributed by atoms with Crippen LogP contribution in [0.4, 0.5) is 10.7 Å². The quantitative estimate of drug-likeness (QED) is 0.881. The van der Waals surface area contributed by atoms with Crippen LogP contribution in [0.5, 0.6) is 0 Å². The third-order valence-corrected chi connectivity index (χ3v) is 4.91. The van der Waals surface area contributed by atoms with Gasteiger partial charge in [-0.3, -0.25) is 0 Å². The van der Waals surface area contributed by atoms with Crippen molar-refractivity contribution in [1.82, 2.24) is 19.9 Å². The van der Waals surface area contributed by atoms with Crippen LogP contribution in [0, 0.1) is 6.92 Å². The summed E-state index contributed by atoms with van der Waals surface area (Å²) in [6.07, 6.45) is 5.03. The van der Waals surface area contributed by atoms with Gasteiger partial charge >= 0.3 is 6.09 Å². The highest BCUT2D eigenvalue weighted by molar-refractivity contribution is 7.14. The van der Waals surface area contributed by atoms with Crippen molar-refractivity contribution in [3.8, 4) is 10.7 Å². The minimum Gasteiger partial charge on any atom is -0.444 e. The maximum Gasteiger partial charge on any atom is 0.410 e. The Hall–Kier alpha value is -2.22. The van der Waals surface area contributed by atoms with E-state index in [-0.39, 0.29) is 12.1 Å². The number of piperidine rings is 1. The van der Waals surface area contributed by atoms with Crippen molar-refractivity contribution in [3.63, 3.8) is 0 Å². The van der Waals surface area contributed by atoms with Crippen LogP contribution in [0.3, 0.4) is 0 Å². The molecule has 2 aromatic heterocycles. The lowest BCUT2D eigenvalue weighted by Crippen LogP contribution is -2.44. The highest BCUT2D eigenvalue weighted by atomic mass is 32.1. The molecule has 3 heterocycles. The third kappa shape index (κ3) is 4.91. The number of carbonyl (C=O) groups excluding carboxylic acids is 1. The van der Waals surface area contributed by atoms with Crippen LogP contribution in [0.2, 0.25) is 0 Å². The number of nitrogens with zero attached hydrogens (tertiary/aromatic N) is 4. The average Bonchev–Trinajstić information content (AvgIpc) is 3.01. The van der Waals surface area contributed by atoms with Gasteiger partial charge in [-0.1, -0.05) is 0 Å². The fourth-order valence-electron chi connectivity index (χ4n) is 2.74. The van der Waals surface area contributed by atoms with Crippen molar-refractivity contribution in [1.29, 1.82) is 0 Å². The van der Waals surface area contributed by atoms with E-state index in [4.69, 9.17) is 4.74 Å². The number of likely N-dealkylation sites (tertiary alicyclic amines) is 1. The van der Waals surface area contributed by atoms with Crippen molar-refractivity contribution in [2.45, 2.75) is 52.2 Å². The van der Waals surface area contributed by atoms with Crippen LogP contribution in [0.1, 0.15) is 38.5 Å². The molecule has 0 bridgehead atoms. The Balaban J connectivity index is 1.56.